The van der Waals surface area contributed by atoms with Crippen molar-refractivity contribution in [3.8, 4) is 0 Å². The Morgan fingerprint density at radius 2 is 1.70 bits per heavy atom. The zero-order valence-electron chi connectivity index (χ0n) is 10.7. The van der Waals surface area contributed by atoms with Crippen molar-refractivity contribution < 1.29 is 14.0 Å². The number of amides is 2. The molecule has 0 saturated carbocycles. The number of benzene rings is 2. The maximum atomic E-state index is 13.1. The molecule has 4 nitrogen and oxygen atoms in total. The third-order valence-corrected chi connectivity index (χ3v) is 3.31. The maximum Gasteiger partial charge on any atom is 0.266 e. The highest BCUT2D eigenvalue weighted by atomic mass is 19.1. The number of rotatable bonds is 1. The van der Waals surface area contributed by atoms with E-state index < -0.39 is 17.6 Å². The molecule has 1 aliphatic rings. The van der Waals surface area contributed by atoms with Gasteiger partial charge in [-0.15, -0.1) is 0 Å². The van der Waals surface area contributed by atoms with Crippen LogP contribution in [-0.2, 0) is 0 Å². The first-order valence-corrected chi connectivity index (χ1v) is 6.03. The van der Waals surface area contributed by atoms with Crippen LogP contribution in [0.2, 0.25) is 0 Å². The monoisotopic (exact) mass is 270 g/mol. The summed E-state index contributed by atoms with van der Waals surface area (Å²) in [5, 5.41) is 0. The number of hydrogen-bond donors (Lipinski definition) is 1. The van der Waals surface area contributed by atoms with E-state index >= 15 is 0 Å². The third-order valence-electron chi connectivity index (χ3n) is 3.31. The average Bonchev–Trinajstić information content (AvgIpc) is 2.63. The second-order valence-corrected chi connectivity index (χ2v) is 4.68. The molecular formula is C15H11FN2O2. The van der Waals surface area contributed by atoms with Crippen molar-refractivity contribution in [3.63, 3.8) is 0 Å². The highest BCUT2D eigenvalue weighted by Gasteiger charge is 2.37. The smallest absolute Gasteiger partial charge is 0.266 e. The molecule has 100 valence electrons. The summed E-state index contributed by atoms with van der Waals surface area (Å²) in [6.07, 6.45) is 0. The molecule has 0 bridgehead atoms. The Labute approximate surface area is 114 Å². The van der Waals surface area contributed by atoms with Gasteiger partial charge in [-0.1, -0.05) is 0 Å². The molecule has 0 spiro atoms. The molecule has 0 saturated heterocycles. The second-order valence-electron chi connectivity index (χ2n) is 4.68. The lowest BCUT2D eigenvalue weighted by Gasteiger charge is -2.16. The van der Waals surface area contributed by atoms with Crippen molar-refractivity contribution in [1.29, 1.82) is 0 Å². The molecule has 0 radical (unpaired) electrons. The lowest BCUT2D eigenvalue weighted by Crippen LogP contribution is -2.30. The summed E-state index contributed by atoms with van der Waals surface area (Å²) < 4.78 is 13.1. The molecule has 1 heterocycles. The minimum Gasteiger partial charge on any atom is -0.399 e. The van der Waals surface area contributed by atoms with Crippen molar-refractivity contribution in [2.75, 3.05) is 10.6 Å². The number of fused-ring (bicyclic) bond motifs is 1. The van der Waals surface area contributed by atoms with Gasteiger partial charge in [0.1, 0.15) is 5.82 Å². The Hall–Kier alpha value is -2.69. The van der Waals surface area contributed by atoms with Gasteiger partial charge >= 0.3 is 0 Å². The van der Waals surface area contributed by atoms with Gasteiger partial charge in [0.25, 0.3) is 11.8 Å². The fourth-order valence-electron chi connectivity index (χ4n) is 2.35. The largest absolute Gasteiger partial charge is 0.399 e. The maximum absolute atomic E-state index is 13.1. The van der Waals surface area contributed by atoms with Crippen LogP contribution in [0.25, 0.3) is 0 Å². The first kappa shape index (κ1) is 12.3. The lowest BCUT2D eigenvalue weighted by molar-refractivity contribution is 0.0926. The first-order chi connectivity index (χ1) is 9.49. The first-order valence-electron chi connectivity index (χ1n) is 6.03. The summed E-state index contributed by atoms with van der Waals surface area (Å²) in [5.41, 5.74) is 7.56. The molecule has 1 aliphatic heterocycles. The molecule has 20 heavy (non-hydrogen) atoms. The van der Waals surface area contributed by atoms with Crippen LogP contribution in [0.3, 0.4) is 0 Å². The number of carbonyl (C=O) groups is 2. The highest BCUT2D eigenvalue weighted by molar-refractivity contribution is 6.34. The van der Waals surface area contributed by atoms with Gasteiger partial charge in [-0.2, -0.15) is 0 Å². The normalized spacial score (nSPS) is 13.8. The number of nitrogen functional groups attached to an aromatic ring is 1. The zero-order valence-corrected chi connectivity index (χ0v) is 10.7. The van der Waals surface area contributed by atoms with Crippen molar-refractivity contribution >= 4 is 23.2 Å². The van der Waals surface area contributed by atoms with Crippen LogP contribution >= 0.6 is 0 Å². The van der Waals surface area contributed by atoms with Gasteiger partial charge in [-0.25, -0.2) is 9.29 Å². The molecular weight excluding hydrogens is 259 g/mol. The van der Waals surface area contributed by atoms with Crippen molar-refractivity contribution in [3.05, 3.63) is 58.9 Å². The molecule has 2 aromatic rings. The fourth-order valence-corrected chi connectivity index (χ4v) is 2.35. The van der Waals surface area contributed by atoms with E-state index in [4.69, 9.17) is 5.73 Å². The summed E-state index contributed by atoms with van der Waals surface area (Å²) in [7, 11) is 0. The Morgan fingerprint density at radius 1 is 1.00 bits per heavy atom. The minimum absolute atomic E-state index is 0.277. The molecule has 2 aromatic carbocycles. The van der Waals surface area contributed by atoms with Crippen molar-refractivity contribution in [2.45, 2.75) is 6.92 Å². The van der Waals surface area contributed by atoms with E-state index in [1.807, 2.05) is 0 Å². The second kappa shape index (κ2) is 4.16. The number of nitrogens with zero attached hydrogens (tertiary/aromatic N) is 1. The highest BCUT2D eigenvalue weighted by Crippen LogP contribution is 2.31. The van der Waals surface area contributed by atoms with E-state index in [1.165, 1.54) is 30.3 Å². The lowest BCUT2D eigenvalue weighted by atomic mass is 10.1. The number of imide groups is 1. The molecule has 0 atom stereocenters. The standard InChI is InChI=1S/C15H11FN2O2/c1-8-6-9(16)2-5-13(8)18-14(19)11-4-3-10(17)7-12(11)15(18)20/h2-7H,17H2,1H3. The van der Waals surface area contributed by atoms with Gasteiger partial charge in [0.15, 0.2) is 0 Å². The quantitative estimate of drug-likeness (QED) is 0.639. The molecule has 3 rings (SSSR count). The van der Waals surface area contributed by atoms with Gasteiger partial charge in [0.05, 0.1) is 16.8 Å². The average molecular weight is 270 g/mol. The summed E-state index contributed by atoms with van der Waals surface area (Å²) >= 11 is 0. The van der Waals surface area contributed by atoms with Gasteiger partial charge < -0.3 is 5.73 Å². The third kappa shape index (κ3) is 1.67. The molecule has 2 amide bonds. The Kier molecular flexibility index (Phi) is 2.57. The van der Waals surface area contributed by atoms with Crippen LogP contribution in [0, 0.1) is 12.7 Å². The zero-order chi connectivity index (χ0) is 14.4. The van der Waals surface area contributed by atoms with Crippen molar-refractivity contribution in [1.82, 2.24) is 0 Å². The minimum atomic E-state index is -0.438. The van der Waals surface area contributed by atoms with E-state index in [2.05, 4.69) is 0 Å². The molecule has 0 aliphatic carbocycles. The van der Waals surface area contributed by atoms with E-state index in [0.29, 0.717) is 22.5 Å². The SMILES string of the molecule is Cc1cc(F)ccc1N1C(=O)c2ccc(N)cc2C1=O. The van der Waals surface area contributed by atoms with Gasteiger partial charge in [0, 0.05) is 5.69 Å². The Bertz CT molecular complexity index is 756. The Morgan fingerprint density at radius 3 is 2.40 bits per heavy atom. The molecule has 0 unspecified atom stereocenters. The molecule has 0 fully saturated rings. The van der Waals surface area contributed by atoms with Crippen LogP contribution < -0.4 is 10.6 Å². The summed E-state index contributed by atoms with van der Waals surface area (Å²) in [6, 6.07) is 8.52. The Balaban J connectivity index is 2.14. The number of hydrogen-bond acceptors (Lipinski definition) is 3. The van der Waals surface area contributed by atoms with Gasteiger partial charge in [0.2, 0.25) is 0 Å². The van der Waals surface area contributed by atoms with E-state index in [0.717, 1.165) is 4.90 Å². The molecule has 2 N–H and O–H groups in total. The predicted octanol–water partition coefficient (Wildman–Crippen LogP) is 2.52. The van der Waals surface area contributed by atoms with Gasteiger partial charge in [-0.3, -0.25) is 9.59 Å². The number of anilines is 2. The summed E-state index contributed by atoms with van der Waals surface area (Å²) in [6.45, 7) is 1.65. The number of halogens is 1. The van der Waals surface area contributed by atoms with Crippen LogP contribution in [0.15, 0.2) is 36.4 Å². The van der Waals surface area contributed by atoms with E-state index in [-0.39, 0.29) is 5.56 Å². The number of nitrogens with two attached hydrogens (primary N) is 1. The summed E-state index contributed by atoms with van der Waals surface area (Å²) in [4.78, 5) is 25.7. The van der Waals surface area contributed by atoms with Crippen molar-refractivity contribution in [2.24, 2.45) is 0 Å². The molecule has 0 aromatic heterocycles. The summed E-state index contributed by atoms with van der Waals surface area (Å²) in [5.74, 6) is -1.26. The predicted molar refractivity (Wildman–Crippen MR) is 73.1 cm³/mol. The number of carbonyl (C=O) groups excluding carboxylic acids is 2. The van der Waals surface area contributed by atoms with Crippen LogP contribution in [0.5, 0.6) is 0 Å². The van der Waals surface area contributed by atoms with E-state index in [9.17, 15) is 14.0 Å². The van der Waals surface area contributed by atoms with E-state index in [1.54, 1.807) is 13.0 Å². The van der Waals surface area contributed by atoms with Gasteiger partial charge in [-0.05, 0) is 48.9 Å². The topological polar surface area (TPSA) is 63.4 Å². The fraction of sp³-hybridized carbons (Fsp3) is 0.0667. The number of aryl methyl sites for hydroxylation is 1. The van der Waals surface area contributed by atoms with Crippen LogP contribution in [-0.4, -0.2) is 11.8 Å². The van der Waals surface area contributed by atoms with Crippen LogP contribution in [0.4, 0.5) is 15.8 Å². The molecule has 5 heteroatoms. The van der Waals surface area contributed by atoms with Crippen LogP contribution in [0.1, 0.15) is 26.3 Å².